The summed E-state index contributed by atoms with van der Waals surface area (Å²) in [6.45, 7) is 2.14. The zero-order valence-electron chi connectivity index (χ0n) is 6.38. The first-order chi connectivity index (χ1) is 4.84. The monoisotopic (exact) mass is 138 g/mol. The van der Waals surface area contributed by atoms with Gasteiger partial charge in [-0.05, 0) is 18.9 Å². The first kappa shape index (κ1) is 7.39. The van der Waals surface area contributed by atoms with Crippen LogP contribution in [-0.4, -0.2) is 5.11 Å². The highest BCUT2D eigenvalue weighted by molar-refractivity contribution is 5.15. The molecule has 1 rings (SSSR count). The van der Waals surface area contributed by atoms with Gasteiger partial charge in [0.2, 0.25) is 0 Å². The fourth-order valence-electron chi connectivity index (χ4n) is 1.28. The van der Waals surface area contributed by atoms with Gasteiger partial charge in [0, 0.05) is 5.92 Å². The van der Waals surface area contributed by atoms with E-state index in [1.807, 2.05) is 6.08 Å². The fraction of sp³-hybridized carbons (Fsp3) is 0.556. The van der Waals surface area contributed by atoms with Crippen molar-refractivity contribution >= 4 is 0 Å². The third-order valence-corrected chi connectivity index (χ3v) is 1.88. The second kappa shape index (κ2) is 3.45. The summed E-state index contributed by atoms with van der Waals surface area (Å²) in [4.78, 5) is 0. The van der Waals surface area contributed by atoms with Gasteiger partial charge in [-0.25, -0.2) is 0 Å². The van der Waals surface area contributed by atoms with E-state index in [4.69, 9.17) is 0 Å². The van der Waals surface area contributed by atoms with Crippen LogP contribution in [0.25, 0.3) is 0 Å². The van der Waals surface area contributed by atoms with E-state index in [1.165, 1.54) is 0 Å². The lowest BCUT2D eigenvalue weighted by molar-refractivity contribution is 0.315. The van der Waals surface area contributed by atoms with Crippen molar-refractivity contribution < 1.29 is 5.11 Å². The van der Waals surface area contributed by atoms with Gasteiger partial charge >= 0.3 is 0 Å². The van der Waals surface area contributed by atoms with Crippen molar-refractivity contribution in [2.45, 2.75) is 26.2 Å². The molecule has 0 saturated carbocycles. The molecule has 0 aromatic rings. The van der Waals surface area contributed by atoms with Gasteiger partial charge < -0.3 is 5.11 Å². The summed E-state index contributed by atoms with van der Waals surface area (Å²) in [5, 5.41) is 9.31. The van der Waals surface area contributed by atoms with Crippen molar-refractivity contribution in [2.24, 2.45) is 5.92 Å². The number of aliphatic hydroxyl groups is 1. The van der Waals surface area contributed by atoms with E-state index >= 15 is 0 Å². The highest BCUT2D eigenvalue weighted by Gasteiger charge is 2.11. The highest BCUT2D eigenvalue weighted by Crippen LogP contribution is 2.22. The molecule has 0 aromatic carbocycles. The van der Waals surface area contributed by atoms with Gasteiger partial charge in [-0.3, -0.25) is 0 Å². The molecule has 0 radical (unpaired) electrons. The standard InChI is InChI=1S/C9H14O/c1-2-5-8-6-3-4-7-9(8)10/h3-4,7-8,10H,2,5-6H2,1H3. The van der Waals surface area contributed by atoms with E-state index in [0.717, 1.165) is 19.3 Å². The second-order valence-corrected chi connectivity index (χ2v) is 2.74. The Hall–Kier alpha value is -0.720. The maximum atomic E-state index is 9.31. The van der Waals surface area contributed by atoms with Crippen molar-refractivity contribution in [1.82, 2.24) is 0 Å². The number of hydrogen-bond donors (Lipinski definition) is 1. The first-order valence-corrected chi connectivity index (χ1v) is 3.90. The Morgan fingerprint density at radius 1 is 1.70 bits per heavy atom. The minimum atomic E-state index is 0.398. The van der Waals surface area contributed by atoms with Gasteiger partial charge in [0.15, 0.2) is 0 Å². The molecule has 1 unspecified atom stereocenters. The van der Waals surface area contributed by atoms with Gasteiger partial charge in [-0.1, -0.05) is 25.5 Å². The van der Waals surface area contributed by atoms with E-state index in [0.29, 0.717) is 11.7 Å². The van der Waals surface area contributed by atoms with Gasteiger partial charge in [-0.15, -0.1) is 0 Å². The Labute approximate surface area is 62.1 Å². The van der Waals surface area contributed by atoms with Crippen molar-refractivity contribution in [3.05, 3.63) is 24.0 Å². The Balaban J connectivity index is 2.47. The van der Waals surface area contributed by atoms with E-state index in [2.05, 4.69) is 13.0 Å². The summed E-state index contributed by atoms with van der Waals surface area (Å²) in [5.74, 6) is 0.958. The molecule has 1 heteroatoms. The molecule has 0 aromatic heterocycles. The normalized spacial score (nSPS) is 24.5. The average molecular weight is 138 g/mol. The minimum absolute atomic E-state index is 0.398. The summed E-state index contributed by atoms with van der Waals surface area (Å²) in [6.07, 6.45) is 9.09. The Kier molecular flexibility index (Phi) is 2.55. The SMILES string of the molecule is CCCC1CC=CC=C1O. The van der Waals surface area contributed by atoms with Crippen molar-refractivity contribution in [1.29, 1.82) is 0 Å². The zero-order chi connectivity index (χ0) is 7.40. The van der Waals surface area contributed by atoms with Crippen LogP contribution in [0.1, 0.15) is 26.2 Å². The molecule has 0 amide bonds. The van der Waals surface area contributed by atoms with Crippen LogP contribution in [0.2, 0.25) is 0 Å². The Morgan fingerprint density at radius 2 is 2.50 bits per heavy atom. The number of aliphatic hydroxyl groups excluding tert-OH is 1. The molecular weight excluding hydrogens is 124 g/mol. The summed E-state index contributed by atoms with van der Waals surface area (Å²) in [5.41, 5.74) is 0. The largest absolute Gasteiger partial charge is 0.512 e. The van der Waals surface area contributed by atoms with Crippen LogP contribution in [0.15, 0.2) is 24.0 Å². The van der Waals surface area contributed by atoms with E-state index in [1.54, 1.807) is 6.08 Å². The summed E-state index contributed by atoms with van der Waals surface area (Å²) in [7, 11) is 0. The highest BCUT2D eigenvalue weighted by atomic mass is 16.3. The molecule has 1 atom stereocenters. The fourth-order valence-corrected chi connectivity index (χ4v) is 1.28. The Bertz CT molecular complexity index is 156. The molecule has 10 heavy (non-hydrogen) atoms. The van der Waals surface area contributed by atoms with Gasteiger partial charge in [-0.2, -0.15) is 0 Å². The summed E-state index contributed by atoms with van der Waals surface area (Å²) in [6, 6.07) is 0. The molecule has 0 aliphatic heterocycles. The molecule has 0 fully saturated rings. The maximum absolute atomic E-state index is 9.31. The smallest absolute Gasteiger partial charge is 0.0956 e. The third-order valence-electron chi connectivity index (χ3n) is 1.88. The topological polar surface area (TPSA) is 20.2 Å². The molecule has 0 bridgehead atoms. The van der Waals surface area contributed by atoms with Crippen LogP contribution in [0.5, 0.6) is 0 Å². The van der Waals surface area contributed by atoms with E-state index in [9.17, 15) is 5.11 Å². The van der Waals surface area contributed by atoms with E-state index in [-0.39, 0.29) is 0 Å². The predicted octanol–water partition coefficient (Wildman–Crippen LogP) is 2.80. The van der Waals surface area contributed by atoms with Crippen LogP contribution < -0.4 is 0 Å². The molecule has 56 valence electrons. The van der Waals surface area contributed by atoms with Crippen LogP contribution in [-0.2, 0) is 0 Å². The van der Waals surface area contributed by atoms with Gasteiger partial charge in [0.1, 0.15) is 0 Å². The average Bonchev–Trinajstić information content (AvgIpc) is 1.94. The van der Waals surface area contributed by atoms with Gasteiger partial charge in [0.25, 0.3) is 0 Å². The Morgan fingerprint density at radius 3 is 3.10 bits per heavy atom. The quantitative estimate of drug-likeness (QED) is 0.622. The lowest BCUT2D eigenvalue weighted by Gasteiger charge is -2.15. The van der Waals surface area contributed by atoms with Crippen LogP contribution >= 0.6 is 0 Å². The molecule has 0 saturated heterocycles. The zero-order valence-corrected chi connectivity index (χ0v) is 6.38. The van der Waals surface area contributed by atoms with Crippen molar-refractivity contribution in [2.75, 3.05) is 0 Å². The maximum Gasteiger partial charge on any atom is 0.0956 e. The number of allylic oxidation sites excluding steroid dienone is 4. The first-order valence-electron chi connectivity index (χ1n) is 3.90. The van der Waals surface area contributed by atoms with Crippen molar-refractivity contribution in [3.63, 3.8) is 0 Å². The minimum Gasteiger partial charge on any atom is -0.512 e. The molecule has 0 heterocycles. The number of rotatable bonds is 2. The third kappa shape index (κ3) is 1.63. The number of hydrogen-bond acceptors (Lipinski definition) is 1. The van der Waals surface area contributed by atoms with Crippen LogP contribution in [0.3, 0.4) is 0 Å². The predicted molar refractivity (Wildman–Crippen MR) is 42.9 cm³/mol. The molecule has 1 nitrogen and oxygen atoms in total. The second-order valence-electron chi connectivity index (χ2n) is 2.74. The molecule has 1 aliphatic carbocycles. The lowest BCUT2D eigenvalue weighted by atomic mass is 9.94. The lowest BCUT2D eigenvalue weighted by Crippen LogP contribution is -2.04. The van der Waals surface area contributed by atoms with Crippen LogP contribution in [0.4, 0.5) is 0 Å². The summed E-state index contributed by atoms with van der Waals surface area (Å²) >= 11 is 0. The summed E-state index contributed by atoms with van der Waals surface area (Å²) < 4.78 is 0. The molecule has 1 N–H and O–H groups in total. The van der Waals surface area contributed by atoms with Gasteiger partial charge in [0.05, 0.1) is 5.76 Å². The molecule has 1 aliphatic rings. The molecule has 0 spiro atoms. The van der Waals surface area contributed by atoms with Crippen LogP contribution in [0, 0.1) is 5.92 Å². The molecular formula is C9H14O. The van der Waals surface area contributed by atoms with Crippen molar-refractivity contribution in [3.8, 4) is 0 Å². The van der Waals surface area contributed by atoms with E-state index < -0.39 is 0 Å².